The average molecular weight is 399 g/mol. The van der Waals surface area contributed by atoms with Gasteiger partial charge in [-0.1, -0.05) is 18.6 Å². The van der Waals surface area contributed by atoms with Crippen LogP contribution >= 0.6 is 0 Å². The van der Waals surface area contributed by atoms with Gasteiger partial charge in [0, 0.05) is 19.5 Å². The Morgan fingerprint density at radius 2 is 2.07 bits per heavy atom. The van der Waals surface area contributed by atoms with E-state index in [-0.39, 0.29) is 5.57 Å². The zero-order valence-corrected chi connectivity index (χ0v) is 15.6. The summed E-state index contributed by atoms with van der Waals surface area (Å²) in [5.41, 5.74) is -9.56. The zero-order valence-electron chi connectivity index (χ0n) is 20.6. The third-order valence-corrected chi connectivity index (χ3v) is 7.85. The first-order valence-electron chi connectivity index (χ1n) is 11.8. The summed E-state index contributed by atoms with van der Waals surface area (Å²) in [6, 6.07) is -0.687. The number of aliphatic hydroxyl groups is 4. The molecule has 0 radical (unpaired) electrons. The summed E-state index contributed by atoms with van der Waals surface area (Å²) < 4.78 is 57.2. The number of halogens is 1. The zero-order chi connectivity index (χ0) is 25.2. The van der Waals surface area contributed by atoms with E-state index in [1.807, 2.05) is 0 Å². The summed E-state index contributed by atoms with van der Waals surface area (Å²) >= 11 is 0. The van der Waals surface area contributed by atoms with Gasteiger partial charge in [0.1, 0.15) is 6.56 Å². The number of hydrogen-bond donors (Lipinski definition) is 4. The van der Waals surface area contributed by atoms with E-state index < -0.39 is 96.0 Å². The van der Waals surface area contributed by atoms with E-state index in [1.54, 1.807) is 0 Å². The van der Waals surface area contributed by atoms with Crippen molar-refractivity contribution in [2.75, 3.05) is 6.56 Å². The minimum absolute atomic E-state index is 0.388. The lowest BCUT2D eigenvalue weighted by molar-refractivity contribution is -0.222. The lowest BCUT2D eigenvalue weighted by Crippen LogP contribution is -2.69. The van der Waals surface area contributed by atoms with E-state index in [0.29, 0.717) is 0 Å². The summed E-state index contributed by atoms with van der Waals surface area (Å²) in [6.45, 7) is -0.928. The Hall–Kier alpha value is -1.41. The van der Waals surface area contributed by atoms with Gasteiger partial charge in [-0.3, -0.25) is 9.59 Å². The fourth-order valence-corrected chi connectivity index (χ4v) is 6.24. The van der Waals surface area contributed by atoms with Crippen LogP contribution < -0.4 is 0 Å². The molecular formula is C21H27FO6. The molecule has 4 N–H and O–H groups in total. The fourth-order valence-electron chi connectivity index (χ4n) is 6.24. The van der Waals surface area contributed by atoms with Crippen molar-refractivity contribution in [3.63, 3.8) is 0 Å². The lowest BCUT2D eigenvalue weighted by atomic mass is 9.44. The van der Waals surface area contributed by atoms with Gasteiger partial charge in [0.05, 0.1) is 16.3 Å². The smallest absolute Gasteiger partial charge is 0.192 e. The van der Waals surface area contributed by atoms with Crippen LogP contribution in [0.5, 0.6) is 0 Å². The molecule has 7 heteroatoms. The van der Waals surface area contributed by atoms with Gasteiger partial charge < -0.3 is 20.4 Å². The van der Waals surface area contributed by atoms with Crippen LogP contribution in [0, 0.1) is 22.7 Å². The van der Waals surface area contributed by atoms with Crippen molar-refractivity contribution in [2.45, 2.75) is 63.0 Å². The molecule has 0 aliphatic heterocycles. The minimum Gasteiger partial charge on any atom is -0.390 e. The highest BCUT2D eigenvalue weighted by Crippen LogP contribution is 2.69. The van der Waals surface area contributed by atoms with Gasteiger partial charge in [-0.25, -0.2) is 4.39 Å². The molecule has 0 heterocycles. The quantitative estimate of drug-likeness (QED) is 0.541. The molecule has 3 saturated carbocycles. The molecule has 4 aliphatic carbocycles. The molecule has 154 valence electrons. The van der Waals surface area contributed by atoms with Crippen LogP contribution in [-0.2, 0) is 9.59 Å². The van der Waals surface area contributed by atoms with Crippen LogP contribution in [0.15, 0.2) is 23.8 Å². The predicted molar refractivity (Wildman–Crippen MR) is 96.8 cm³/mol. The maximum Gasteiger partial charge on any atom is 0.192 e. The first kappa shape index (κ1) is 14.6. The Morgan fingerprint density at radius 1 is 1.39 bits per heavy atom. The van der Waals surface area contributed by atoms with Gasteiger partial charge in [-0.15, -0.1) is 0 Å². The van der Waals surface area contributed by atoms with Gasteiger partial charge in [-0.05, 0) is 50.6 Å². The first-order chi connectivity index (χ1) is 14.8. The Bertz CT molecular complexity index is 1010. The molecule has 0 bridgehead atoms. The van der Waals surface area contributed by atoms with Gasteiger partial charge in [0.2, 0.25) is 0 Å². The maximum atomic E-state index is 17.1. The predicted octanol–water partition coefficient (Wildman–Crippen LogP) is 0.620. The summed E-state index contributed by atoms with van der Waals surface area (Å²) in [5.74, 6) is -4.97. The minimum atomic E-state index is -3.52. The van der Waals surface area contributed by atoms with Crippen LogP contribution in [0.1, 0.15) is 46.3 Å². The van der Waals surface area contributed by atoms with Crippen LogP contribution in [0.4, 0.5) is 4.39 Å². The summed E-state index contributed by atoms with van der Waals surface area (Å²) in [6.07, 6.45) is -5.68. The highest BCUT2D eigenvalue weighted by molar-refractivity contribution is 6.01. The van der Waals surface area contributed by atoms with Gasteiger partial charge in [0.15, 0.2) is 22.8 Å². The second kappa shape index (κ2) is 5.81. The van der Waals surface area contributed by atoms with Crippen LogP contribution in [0.3, 0.4) is 0 Å². The second-order valence-electron chi connectivity index (χ2n) is 8.86. The molecule has 0 aromatic rings. The van der Waals surface area contributed by atoms with Crippen molar-refractivity contribution in [2.24, 2.45) is 22.7 Å². The molecule has 0 saturated heterocycles. The van der Waals surface area contributed by atoms with E-state index in [2.05, 4.69) is 0 Å². The van der Waals surface area contributed by atoms with Crippen LogP contribution in [-0.4, -0.2) is 62.0 Å². The number of Topliss-reactive ketones (excluding diaryl/α,β-unsaturated/α-hetero) is 1. The van der Waals surface area contributed by atoms with Crippen molar-refractivity contribution in [3.8, 4) is 0 Å². The molecule has 0 aromatic heterocycles. The van der Waals surface area contributed by atoms with E-state index in [0.717, 1.165) is 12.2 Å². The van der Waals surface area contributed by atoms with E-state index >= 15 is 4.39 Å². The molecule has 0 amide bonds. The number of fused-ring (bicyclic) bond motifs is 5. The largest absolute Gasteiger partial charge is 0.390 e. The number of aliphatic hydroxyl groups excluding tert-OH is 2. The molecule has 0 aromatic carbocycles. The third kappa shape index (κ3) is 2.01. The monoisotopic (exact) mass is 399 g/mol. The Balaban J connectivity index is 1.93. The van der Waals surface area contributed by atoms with Gasteiger partial charge in [0.25, 0.3) is 0 Å². The second-order valence-corrected chi connectivity index (χ2v) is 8.86. The summed E-state index contributed by atoms with van der Waals surface area (Å²) in [5, 5.41) is 42.8. The number of allylic oxidation sites excluding steroid dienone is 4. The van der Waals surface area contributed by atoms with Crippen LogP contribution in [0.25, 0.3) is 0 Å². The molecule has 0 unspecified atom stereocenters. The number of rotatable bonds is 2. The SMILES string of the molecule is [2H]C1=C2C([2H])([2H])C[C@H]3[C@@H]4C[C@@H](O)[C@](O)(C(=O)C([2H])([2H])O)[C@@]4(C)C[C@H](O)[C@]3(F)[C@@]2(C)C=CC1=O. The van der Waals surface area contributed by atoms with Gasteiger partial charge in [-0.2, -0.15) is 0 Å². The van der Waals surface area contributed by atoms with E-state index in [1.165, 1.54) is 13.8 Å². The maximum absolute atomic E-state index is 17.1. The lowest BCUT2D eigenvalue weighted by Gasteiger charge is -2.62. The van der Waals surface area contributed by atoms with E-state index in [9.17, 15) is 30.0 Å². The Labute approximate surface area is 169 Å². The van der Waals surface area contributed by atoms with Gasteiger partial charge >= 0.3 is 0 Å². The van der Waals surface area contributed by atoms with Crippen molar-refractivity contribution >= 4 is 11.6 Å². The number of carbonyl (C=O) groups is 2. The molecule has 28 heavy (non-hydrogen) atoms. The Morgan fingerprint density at radius 3 is 2.71 bits per heavy atom. The van der Waals surface area contributed by atoms with Crippen molar-refractivity contribution in [1.29, 1.82) is 0 Å². The molecule has 4 rings (SSSR count). The summed E-state index contributed by atoms with van der Waals surface area (Å²) in [7, 11) is 0. The molecule has 4 aliphatic rings. The molecule has 0 spiro atoms. The average Bonchev–Trinajstić information content (AvgIpc) is 2.87. The van der Waals surface area contributed by atoms with Crippen LogP contribution in [0.2, 0.25) is 0 Å². The number of alkyl halides is 1. The highest BCUT2D eigenvalue weighted by atomic mass is 19.1. The third-order valence-electron chi connectivity index (χ3n) is 7.85. The Kier molecular flexibility index (Phi) is 3.02. The number of hydrogen-bond acceptors (Lipinski definition) is 6. The van der Waals surface area contributed by atoms with E-state index in [4.69, 9.17) is 6.85 Å². The molecule has 8 atom stereocenters. The molecular weight excluding hydrogens is 367 g/mol. The molecule has 3 fully saturated rings. The van der Waals surface area contributed by atoms with Crippen molar-refractivity contribution < 1.29 is 41.3 Å². The molecule has 6 nitrogen and oxygen atoms in total. The first-order valence-corrected chi connectivity index (χ1v) is 9.30. The fraction of sp³-hybridized carbons (Fsp3) is 0.714. The number of carbonyl (C=O) groups excluding carboxylic acids is 2. The van der Waals surface area contributed by atoms with Crippen molar-refractivity contribution in [1.82, 2.24) is 0 Å². The summed E-state index contributed by atoms with van der Waals surface area (Å²) in [4.78, 5) is 24.8. The normalized spacial score (nSPS) is 57.8. The topological polar surface area (TPSA) is 115 Å². The van der Waals surface area contributed by atoms with Crippen molar-refractivity contribution in [3.05, 3.63) is 23.8 Å². The number of ketones is 2. The highest BCUT2D eigenvalue weighted by Gasteiger charge is 2.76. The standard InChI is InChI=1S/C21H27FO6/c1-18-6-5-12(24)7-11(18)3-4-13-14-8-15(25)21(28,17(27)10-23)19(14,2)9-16(26)20(13,18)22/h5-7,13-16,23,25-26,28H,3-4,8-10H2,1-2H3/t13-,14-,15+,16-,18-,19-,20-,21-/m0/s1/i3D2,7D,10D2.